The first-order valence-corrected chi connectivity index (χ1v) is 10.1. The molecule has 0 saturated heterocycles. The molecule has 0 amide bonds. The number of para-hydroxylation sites is 1. The van der Waals surface area contributed by atoms with Gasteiger partial charge in [0.25, 0.3) is 0 Å². The van der Waals surface area contributed by atoms with Gasteiger partial charge in [0.1, 0.15) is 0 Å². The fraction of sp³-hybridized carbons (Fsp3) is 0.167. The summed E-state index contributed by atoms with van der Waals surface area (Å²) in [4.78, 5) is 12.4. The molecule has 0 spiro atoms. The van der Waals surface area contributed by atoms with Crippen LogP contribution < -0.4 is 0 Å². The maximum absolute atomic E-state index is 12.4. The Morgan fingerprint density at radius 3 is 2.52 bits per heavy atom. The summed E-state index contributed by atoms with van der Waals surface area (Å²) in [6.07, 6.45) is 1.88. The van der Waals surface area contributed by atoms with Crippen LogP contribution >= 0.6 is 15.9 Å². The quantitative estimate of drug-likeness (QED) is 0.350. The van der Waals surface area contributed by atoms with Gasteiger partial charge in [0.15, 0.2) is 0 Å². The highest BCUT2D eigenvalue weighted by molar-refractivity contribution is 9.10. The molecule has 1 heterocycles. The zero-order valence-corrected chi connectivity index (χ0v) is 18.2. The van der Waals surface area contributed by atoms with Crippen LogP contribution in [0.25, 0.3) is 17.3 Å². The second-order valence-electron chi connectivity index (χ2n) is 6.58. The normalized spacial score (nSPS) is 11.2. The standard InChI is InChI=1S/C24H21BrN2O2/c1-4-29-24(28)22-7-5-6-8-23(22)27-16(2)13-19(17(27)3)14-20(15-26)18-9-11-21(25)12-10-18/h5-14H,4H2,1-3H3/b20-14-. The van der Waals surface area contributed by atoms with E-state index in [1.807, 2.05) is 73.0 Å². The van der Waals surface area contributed by atoms with Crippen LogP contribution in [0, 0.1) is 25.2 Å². The van der Waals surface area contributed by atoms with Gasteiger partial charge in [0.2, 0.25) is 0 Å². The fourth-order valence-electron chi connectivity index (χ4n) is 3.32. The van der Waals surface area contributed by atoms with Crippen molar-refractivity contribution in [3.8, 4) is 11.8 Å². The maximum Gasteiger partial charge on any atom is 0.340 e. The number of aryl methyl sites for hydroxylation is 1. The predicted molar refractivity (Wildman–Crippen MR) is 119 cm³/mol. The summed E-state index contributed by atoms with van der Waals surface area (Å²) in [5, 5.41) is 9.67. The Kier molecular flexibility index (Phi) is 6.36. The summed E-state index contributed by atoms with van der Waals surface area (Å²) >= 11 is 3.42. The van der Waals surface area contributed by atoms with E-state index in [1.165, 1.54) is 0 Å². The molecule has 0 N–H and O–H groups in total. The van der Waals surface area contributed by atoms with Crippen LogP contribution in [0.4, 0.5) is 0 Å². The van der Waals surface area contributed by atoms with E-state index in [4.69, 9.17) is 4.74 Å². The summed E-state index contributed by atoms with van der Waals surface area (Å²) in [6.45, 7) is 6.08. The van der Waals surface area contributed by atoms with E-state index in [0.717, 1.165) is 32.7 Å². The number of carbonyl (C=O) groups is 1. The Morgan fingerprint density at radius 2 is 1.86 bits per heavy atom. The Balaban J connectivity index is 2.10. The molecule has 29 heavy (non-hydrogen) atoms. The average Bonchev–Trinajstić information content (AvgIpc) is 3.00. The number of ether oxygens (including phenoxy) is 1. The van der Waals surface area contributed by atoms with Crippen LogP contribution in [-0.4, -0.2) is 17.1 Å². The highest BCUT2D eigenvalue weighted by atomic mass is 79.9. The van der Waals surface area contributed by atoms with Crippen LogP contribution in [-0.2, 0) is 4.74 Å². The van der Waals surface area contributed by atoms with Crippen molar-refractivity contribution in [2.24, 2.45) is 0 Å². The van der Waals surface area contributed by atoms with Gasteiger partial charge in [-0.25, -0.2) is 4.79 Å². The monoisotopic (exact) mass is 448 g/mol. The van der Waals surface area contributed by atoms with Gasteiger partial charge in [-0.1, -0.05) is 40.2 Å². The minimum absolute atomic E-state index is 0.323. The number of carbonyl (C=O) groups excluding carboxylic acids is 1. The number of nitrogens with zero attached hydrogens (tertiary/aromatic N) is 2. The lowest BCUT2D eigenvalue weighted by atomic mass is 10.0. The topological polar surface area (TPSA) is 55.0 Å². The molecule has 0 aliphatic heterocycles. The number of nitriles is 1. The predicted octanol–water partition coefficient (Wildman–Crippen LogP) is 6.10. The zero-order chi connectivity index (χ0) is 21.0. The summed E-state index contributed by atoms with van der Waals surface area (Å²) in [5.41, 5.74) is 5.56. The van der Waals surface area contributed by atoms with Gasteiger partial charge in [-0.15, -0.1) is 0 Å². The van der Waals surface area contributed by atoms with E-state index in [1.54, 1.807) is 13.0 Å². The van der Waals surface area contributed by atoms with Gasteiger partial charge in [-0.2, -0.15) is 5.26 Å². The molecule has 0 atom stereocenters. The first-order valence-electron chi connectivity index (χ1n) is 9.29. The molecule has 1 aromatic heterocycles. The lowest BCUT2D eigenvalue weighted by molar-refractivity contribution is 0.0526. The molecule has 0 saturated carbocycles. The molecule has 0 unspecified atom stereocenters. The van der Waals surface area contributed by atoms with Crippen molar-refractivity contribution >= 4 is 33.5 Å². The third-order valence-corrected chi connectivity index (χ3v) is 5.21. The minimum atomic E-state index is -0.347. The van der Waals surface area contributed by atoms with Crippen LogP contribution in [0.1, 0.15) is 39.8 Å². The molecule has 0 radical (unpaired) electrons. The smallest absolute Gasteiger partial charge is 0.340 e. The number of hydrogen-bond acceptors (Lipinski definition) is 3. The van der Waals surface area contributed by atoms with Gasteiger partial charge in [0.05, 0.1) is 29.5 Å². The third kappa shape index (κ3) is 4.33. The Bertz CT molecular complexity index is 1120. The van der Waals surface area contributed by atoms with Gasteiger partial charge < -0.3 is 9.30 Å². The third-order valence-electron chi connectivity index (χ3n) is 4.69. The maximum atomic E-state index is 12.4. The van der Waals surface area contributed by atoms with Gasteiger partial charge >= 0.3 is 5.97 Å². The van der Waals surface area contributed by atoms with Crippen LogP contribution in [0.3, 0.4) is 0 Å². The molecule has 0 aliphatic carbocycles. The lowest BCUT2D eigenvalue weighted by Crippen LogP contribution is -2.11. The summed E-state index contributed by atoms with van der Waals surface area (Å²) in [7, 11) is 0. The molecular weight excluding hydrogens is 428 g/mol. The largest absolute Gasteiger partial charge is 0.462 e. The van der Waals surface area contributed by atoms with Crippen LogP contribution in [0.2, 0.25) is 0 Å². The van der Waals surface area contributed by atoms with Crippen molar-refractivity contribution < 1.29 is 9.53 Å². The molecule has 0 fully saturated rings. The molecule has 4 nitrogen and oxygen atoms in total. The Morgan fingerprint density at radius 1 is 1.17 bits per heavy atom. The highest BCUT2D eigenvalue weighted by Gasteiger charge is 2.17. The van der Waals surface area contributed by atoms with Gasteiger partial charge in [-0.05, 0) is 68.3 Å². The fourth-order valence-corrected chi connectivity index (χ4v) is 3.58. The van der Waals surface area contributed by atoms with E-state index >= 15 is 0 Å². The number of benzene rings is 2. The van der Waals surface area contributed by atoms with E-state index in [0.29, 0.717) is 17.7 Å². The summed E-state index contributed by atoms with van der Waals surface area (Å²) < 4.78 is 8.20. The minimum Gasteiger partial charge on any atom is -0.462 e. The summed E-state index contributed by atoms with van der Waals surface area (Å²) in [5.74, 6) is -0.347. The van der Waals surface area contributed by atoms with E-state index in [9.17, 15) is 10.1 Å². The number of halogens is 1. The van der Waals surface area contributed by atoms with Gasteiger partial charge in [0, 0.05) is 15.9 Å². The van der Waals surface area contributed by atoms with Crippen LogP contribution in [0.15, 0.2) is 59.1 Å². The van der Waals surface area contributed by atoms with Crippen molar-refractivity contribution in [2.75, 3.05) is 6.61 Å². The molecule has 2 aromatic carbocycles. The molecule has 0 bridgehead atoms. The van der Waals surface area contributed by atoms with Crippen molar-refractivity contribution in [1.82, 2.24) is 4.57 Å². The lowest BCUT2D eigenvalue weighted by Gasteiger charge is -2.14. The number of allylic oxidation sites excluding steroid dienone is 1. The first kappa shape index (κ1) is 20.6. The summed E-state index contributed by atoms with van der Waals surface area (Å²) in [6, 6.07) is 19.4. The average molecular weight is 449 g/mol. The Hall–Kier alpha value is -3.10. The number of hydrogen-bond donors (Lipinski definition) is 0. The number of esters is 1. The van der Waals surface area contributed by atoms with Crippen molar-refractivity contribution in [1.29, 1.82) is 5.26 Å². The molecule has 5 heteroatoms. The molecule has 146 valence electrons. The van der Waals surface area contributed by atoms with Crippen molar-refractivity contribution in [3.63, 3.8) is 0 Å². The second kappa shape index (κ2) is 8.93. The number of aromatic nitrogens is 1. The molecule has 0 aliphatic rings. The first-order chi connectivity index (χ1) is 14.0. The molecular formula is C24H21BrN2O2. The van der Waals surface area contributed by atoms with Crippen molar-refractivity contribution in [2.45, 2.75) is 20.8 Å². The SMILES string of the molecule is CCOC(=O)c1ccccc1-n1c(C)cc(/C=C(/C#N)c2ccc(Br)cc2)c1C. The van der Waals surface area contributed by atoms with E-state index < -0.39 is 0 Å². The van der Waals surface area contributed by atoms with Crippen molar-refractivity contribution in [3.05, 3.63) is 87.1 Å². The van der Waals surface area contributed by atoms with Gasteiger partial charge in [-0.3, -0.25) is 0 Å². The number of rotatable bonds is 5. The highest BCUT2D eigenvalue weighted by Crippen LogP contribution is 2.27. The zero-order valence-electron chi connectivity index (χ0n) is 16.6. The molecule has 3 rings (SSSR count). The van der Waals surface area contributed by atoms with E-state index in [2.05, 4.69) is 22.0 Å². The molecule has 3 aromatic rings. The Labute approximate surface area is 179 Å². The second-order valence-corrected chi connectivity index (χ2v) is 7.49. The van der Waals surface area contributed by atoms with Crippen LogP contribution in [0.5, 0.6) is 0 Å². The van der Waals surface area contributed by atoms with E-state index in [-0.39, 0.29) is 5.97 Å².